The summed E-state index contributed by atoms with van der Waals surface area (Å²) in [4.78, 5) is 129. The predicted molar refractivity (Wildman–Crippen MR) is 388 cm³/mol. The van der Waals surface area contributed by atoms with Crippen molar-refractivity contribution in [2.45, 2.75) is 30.7 Å². The average molecular weight is 1700 g/mol. The second kappa shape index (κ2) is 33.4. The van der Waals surface area contributed by atoms with Crippen molar-refractivity contribution in [3.8, 4) is 172 Å². The summed E-state index contributed by atoms with van der Waals surface area (Å²) in [6.45, 7) is 1.90. The third kappa shape index (κ3) is 17.6. The number of carbonyl (C=O) groups excluding carboxylic acids is 9. The fourth-order valence-corrected chi connectivity index (χ4v) is 10.9. The summed E-state index contributed by atoms with van der Waals surface area (Å²) in [6, 6.07) is 9.52. The Morgan fingerprint density at radius 1 is 0.230 bits per heavy atom. The van der Waals surface area contributed by atoms with Gasteiger partial charge in [0.25, 0.3) is 0 Å². The van der Waals surface area contributed by atoms with E-state index in [4.69, 9.17) is 52.1 Å². The quantitative estimate of drug-likeness (QED) is 0.0128. The van der Waals surface area contributed by atoms with Gasteiger partial charge in [0.1, 0.15) is 18.5 Å². The average Bonchev–Trinajstić information content (AvgIpc) is 0.763. The Hall–Kier alpha value is -18.1. The number of phenolic OH excluding ortho intramolecular Hbond substituents is 25. The van der Waals surface area contributed by atoms with Crippen LogP contribution in [0.25, 0.3) is 5.76 Å². The zero-order valence-corrected chi connectivity index (χ0v) is 60.2. The van der Waals surface area contributed by atoms with Crippen LogP contribution in [0.4, 0.5) is 0 Å². The van der Waals surface area contributed by atoms with Gasteiger partial charge in [-0.25, -0.2) is 43.2 Å². The molecule has 0 aliphatic carbocycles. The third-order valence-corrected chi connectivity index (χ3v) is 17.0. The molecule has 0 aromatic heterocycles. The monoisotopic (exact) mass is 1700 g/mol. The van der Waals surface area contributed by atoms with Crippen molar-refractivity contribution in [2.75, 3.05) is 6.61 Å². The van der Waals surface area contributed by atoms with Gasteiger partial charge >= 0.3 is 53.7 Å². The zero-order valence-electron chi connectivity index (χ0n) is 60.2. The van der Waals surface area contributed by atoms with E-state index in [0.717, 1.165) is 12.1 Å². The van der Waals surface area contributed by atoms with Crippen LogP contribution >= 0.6 is 0 Å². The molecule has 0 spiro atoms. The molecule has 122 heavy (non-hydrogen) atoms. The maximum absolute atomic E-state index is 15.3. The van der Waals surface area contributed by atoms with E-state index in [9.17, 15) is 152 Å². The van der Waals surface area contributed by atoms with E-state index in [2.05, 4.69) is 6.58 Å². The third-order valence-electron chi connectivity index (χ3n) is 17.0. The minimum atomic E-state index is -3.08. The lowest BCUT2D eigenvalue weighted by Crippen LogP contribution is -2.63. The largest absolute Gasteiger partial charge is 0.504 e. The van der Waals surface area contributed by atoms with E-state index >= 15 is 19.2 Å². The molecule has 45 heteroatoms. The van der Waals surface area contributed by atoms with Crippen molar-refractivity contribution in [1.29, 1.82) is 0 Å². The standard InChI is InChI=1S/C77H54O45/c1-23(24-2-34(78)55(93)35(79)3-24)113-49-18-33(16-45(89)60(49)98)76(111)122-77-67(121-75(110)32-15-48(92)64(102)53(21-32)117-72(107)28-10-42(86)59(97)43(87)11-28)66(120-74(109)31-14-47(91)63(101)52(20-31)116-71(106)27-8-40(84)58(96)41(85)9-27)65(119-73(108)30-13-46(90)62(100)51(19-30)115-70(105)26-6-38(82)57(95)39(83)7-26)54(118-77)22-112-68(103)29-12-44(88)61(99)50(17-29)114-69(104)25-4-36(80)56(94)37(81)5-25/h2-21,54,65-67,77-102H,1,22H2/t54-,65+,66+,67-,77-/m1/s1. The van der Waals surface area contributed by atoms with Crippen molar-refractivity contribution >= 4 is 59.5 Å². The van der Waals surface area contributed by atoms with E-state index in [1.165, 1.54) is 0 Å². The molecule has 10 aromatic rings. The van der Waals surface area contributed by atoms with Crippen LogP contribution in [0.3, 0.4) is 0 Å². The minimum Gasteiger partial charge on any atom is -0.504 e. The molecule has 0 bridgehead atoms. The lowest BCUT2D eigenvalue weighted by molar-refractivity contribution is -0.282. The van der Waals surface area contributed by atoms with Crippen LogP contribution < -0.4 is 23.7 Å². The number of carbonyl (C=O) groups is 9. The van der Waals surface area contributed by atoms with Gasteiger partial charge in [-0.2, -0.15) is 0 Å². The molecule has 45 nitrogen and oxygen atoms in total. The molecule has 0 radical (unpaired) electrons. The highest BCUT2D eigenvalue weighted by Crippen LogP contribution is 2.48. The van der Waals surface area contributed by atoms with Crippen LogP contribution in [0.1, 0.15) is 98.8 Å². The Morgan fingerprint density at radius 2 is 0.426 bits per heavy atom. The van der Waals surface area contributed by atoms with Crippen LogP contribution in [-0.2, 0) is 28.4 Å². The molecule has 0 amide bonds. The minimum absolute atomic E-state index is 0.312. The highest BCUT2D eigenvalue weighted by molar-refractivity contribution is 5.99. The highest BCUT2D eigenvalue weighted by atomic mass is 16.8. The Morgan fingerprint density at radius 3 is 0.689 bits per heavy atom. The number of hydrogen-bond donors (Lipinski definition) is 25. The Kier molecular flexibility index (Phi) is 23.2. The predicted octanol–water partition coefficient (Wildman–Crippen LogP) is 5.67. The number of hydrogen-bond acceptors (Lipinski definition) is 45. The number of phenols is 25. The van der Waals surface area contributed by atoms with Gasteiger partial charge < -0.3 is 180 Å². The molecule has 5 atom stereocenters. The highest BCUT2D eigenvalue weighted by Gasteiger charge is 2.55. The van der Waals surface area contributed by atoms with Crippen molar-refractivity contribution < 1.29 is 223 Å². The smallest absolute Gasteiger partial charge is 0.343 e. The van der Waals surface area contributed by atoms with Crippen LogP contribution in [-0.4, -0.2) is 219 Å². The Bertz CT molecular complexity index is 5970. The van der Waals surface area contributed by atoms with Gasteiger partial charge in [-0.1, -0.05) is 6.58 Å². The van der Waals surface area contributed by atoms with Gasteiger partial charge in [0.2, 0.25) is 41.1 Å². The van der Waals surface area contributed by atoms with Crippen molar-refractivity contribution in [1.82, 2.24) is 0 Å². The summed E-state index contributed by atoms with van der Waals surface area (Å²) < 4.78 is 61.1. The zero-order chi connectivity index (χ0) is 89.4. The first-order valence-electron chi connectivity index (χ1n) is 33.3. The van der Waals surface area contributed by atoms with E-state index in [1.807, 2.05) is 0 Å². The lowest BCUT2D eigenvalue weighted by atomic mass is 9.97. The molecule has 632 valence electrons. The normalized spacial score (nSPS) is 14.6. The van der Waals surface area contributed by atoms with E-state index in [1.54, 1.807) is 0 Å². The summed E-state index contributed by atoms with van der Waals surface area (Å²) in [5.41, 5.74) is -9.21. The molecular formula is C77H54O45. The first-order chi connectivity index (χ1) is 57.4. The van der Waals surface area contributed by atoms with Gasteiger partial charge in [0.05, 0.1) is 50.1 Å². The molecular weight excluding hydrogens is 1640 g/mol. The summed E-state index contributed by atoms with van der Waals surface area (Å²) in [6.07, 6.45) is -14.9. The summed E-state index contributed by atoms with van der Waals surface area (Å²) >= 11 is 0. The molecule has 10 aromatic carbocycles. The fourth-order valence-electron chi connectivity index (χ4n) is 10.9. The number of aromatic hydroxyl groups is 25. The van der Waals surface area contributed by atoms with Crippen molar-refractivity contribution in [3.05, 3.63) is 184 Å². The molecule has 11 rings (SSSR count). The molecule has 1 fully saturated rings. The van der Waals surface area contributed by atoms with Gasteiger partial charge in [-0.3, -0.25) is 0 Å². The van der Waals surface area contributed by atoms with Gasteiger partial charge in [-0.05, 0) is 121 Å². The summed E-state index contributed by atoms with van der Waals surface area (Å²) in [7, 11) is 0. The van der Waals surface area contributed by atoms with Crippen LogP contribution in [0.5, 0.6) is 172 Å². The lowest BCUT2D eigenvalue weighted by Gasteiger charge is -2.43. The van der Waals surface area contributed by atoms with Crippen molar-refractivity contribution in [3.63, 3.8) is 0 Å². The van der Waals surface area contributed by atoms with Gasteiger partial charge in [0.15, 0.2) is 156 Å². The van der Waals surface area contributed by atoms with Crippen LogP contribution in [0.2, 0.25) is 0 Å². The van der Waals surface area contributed by atoms with Gasteiger partial charge in [0, 0.05) is 5.56 Å². The number of esters is 9. The Balaban J connectivity index is 1.09. The van der Waals surface area contributed by atoms with E-state index in [0.29, 0.717) is 109 Å². The maximum Gasteiger partial charge on any atom is 0.343 e. The van der Waals surface area contributed by atoms with Crippen LogP contribution in [0.15, 0.2) is 128 Å². The number of ether oxygens (including phenoxy) is 11. The molecule has 1 aliphatic rings. The number of benzene rings is 10. The van der Waals surface area contributed by atoms with Crippen molar-refractivity contribution in [2.24, 2.45) is 0 Å². The van der Waals surface area contributed by atoms with Gasteiger partial charge in [-0.15, -0.1) is 0 Å². The molecule has 0 saturated carbocycles. The maximum atomic E-state index is 15.3. The first kappa shape index (κ1) is 84.8. The molecule has 1 aliphatic heterocycles. The Labute approximate surface area is 673 Å². The number of rotatable bonds is 22. The summed E-state index contributed by atoms with van der Waals surface area (Å²) in [5.74, 6) is -53.5. The molecule has 1 saturated heterocycles. The second-order valence-electron chi connectivity index (χ2n) is 25.3. The fraction of sp³-hybridized carbons (Fsp3) is 0.0779. The van der Waals surface area contributed by atoms with Crippen LogP contribution in [0, 0.1) is 0 Å². The molecule has 0 unspecified atom stereocenters. The van der Waals surface area contributed by atoms with E-state index in [-0.39, 0.29) is 5.56 Å². The summed E-state index contributed by atoms with van der Waals surface area (Å²) in [5, 5.41) is 262. The second-order valence-corrected chi connectivity index (χ2v) is 25.3. The van der Waals surface area contributed by atoms with E-state index < -0.39 is 319 Å². The first-order valence-corrected chi connectivity index (χ1v) is 33.3. The topological polar surface area (TPSA) is 761 Å². The molecule has 1 heterocycles. The SMILES string of the molecule is C=C(Oc1cc(C(=O)O[C@H]2O[C@H](COC(=O)c3cc(O)c(O)c(OC(=O)c4cc(O)c(O)c(O)c4)c3)[C@H](OC(=O)c3cc(O)c(O)c(OC(=O)c4cc(O)c(O)c(O)c4)c3)[C@H](OC(=O)c3cc(O)c(O)c(OC(=O)c4cc(O)c(O)c(O)c4)c3)[C@H]2OC(=O)c2cc(O)c(O)c(OC(=O)c3cc(O)c(O)c(O)c3)c2)cc(O)c1O)c1cc(O)c(O)c(O)c1. The molecule has 25 N–H and O–H groups in total.